The Bertz CT molecular complexity index is 2900. The van der Waals surface area contributed by atoms with E-state index in [0.717, 1.165) is 44.6 Å². The fourth-order valence-electron chi connectivity index (χ4n) is 15.2. The molecular weight excluding hydrogens is 1080 g/mol. The van der Waals surface area contributed by atoms with Crippen LogP contribution in [0.1, 0.15) is 243 Å². The van der Waals surface area contributed by atoms with Crippen LogP contribution in [0.3, 0.4) is 0 Å². The molecule has 3 aliphatic carbocycles. The summed E-state index contributed by atoms with van der Waals surface area (Å²) >= 11 is 0. The van der Waals surface area contributed by atoms with Crippen LogP contribution in [0.25, 0.3) is 0 Å². The summed E-state index contributed by atoms with van der Waals surface area (Å²) in [5, 5.41) is 10.8. The van der Waals surface area contributed by atoms with Crippen molar-refractivity contribution in [3.63, 3.8) is 0 Å². The molecule has 10 rings (SSSR count). The molecule has 3 fully saturated rings. The number of nitrogens with zero attached hydrogens (tertiary/aromatic N) is 7. The number of urea groups is 1. The van der Waals surface area contributed by atoms with Crippen molar-refractivity contribution in [2.75, 3.05) is 80.0 Å². The van der Waals surface area contributed by atoms with Crippen LogP contribution < -0.4 is 10.6 Å². The second-order valence-corrected chi connectivity index (χ2v) is 30.3. The van der Waals surface area contributed by atoms with Gasteiger partial charge < -0.3 is 39.9 Å². The van der Waals surface area contributed by atoms with Crippen LogP contribution in [0.5, 0.6) is 0 Å². The molecule has 4 aromatic rings. The summed E-state index contributed by atoms with van der Waals surface area (Å²) in [6.07, 6.45) is 20.2. The Hall–Kier alpha value is -5.37. The highest BCUT2D eigenvalue weighted by Crippen LogP contribution is 2.51. The van der Waals surface area contributed by atoms with Gasteiger partial charge in [-0.25, -0.2) is 4.79 Å². The summed E-state index contributed by atoms with van der Waals surface area (Å²) in [7, 11) is 5.63. The van der Waals surface area contributed by atoms with E-state index in [0.29, 0.717) is 34.8 Å². The van der Waals surface area contributed by atoms with Crippen LogP contribution in [0.4, 0.5) is 4.79 Å². The zero-order chi connectivity index (χ0) is 62.7. The third-order valence-electron chi connectivity index (χ3n) is 20.9. The van der Waals surface area contributed by atoms with Gasteiger partial charge in [-0.2, -0.15) is 5.10 Å². The predicted molar refractivity (Wildman–Crippen MR) is 359 cm³/mol. The first-order valence-electron chi connectivity index (χ1n) is 33.8. The highest BCUT2D eigenvalue weighted by molar-refractivity contribution is 5.92. The summed E-state index contributed by atoms with van der Waals surface area (Å²) < 4.78 is 1.80. The van der Waals surface area contributed by atoms with Crippen molar-refractivity contribution in [2.24, 2.45) is 16.7 Å². The topological polar surface area (TPSA) is 126 Å². The number of hydrogen-bond donors (Lipinski definition) is 2. The van der Waals surface area contributed by atoms with Crippen LogP contribution in [0.15, 0.2) is 85.1 Å². The minimum atomic E-state index is -0.0695. The summed E-state index contributed by atoms with van der Waals surface area (Å²) in [6.45, 7) is 33.6. The van der Waals surface area contributed by atoms with Crippen LogP contribution in [-0.4, -0.2) is 138 Å². The number of piperidine rings is 3. The number of Topliss-reactive ketones (excluding diaryl/α,β-unsaturated/α-hetero) is 1. The fourth-order valence-corrected chi connectivity index (χ4v) is 15.2. The molecule has 3 atom stereocenters. The molecule has 3 aromatic carbocycles. The highest BCUT2D eigenvalue weighted by Gasteiger charge is 2.46. The Morgan fingerprint density at radius 3 is 1.44 bits per heavy atom. The average Bonchev–Trinajstić information content (AvgIpc) is 1.29. The molecule has 6 aliphatic rings. The maximum atomic E-state index is 12.8. The predicted octanol–water partition coefficient (Wildman–Crippen LogP) is 14.7. The number of hydrogen-bond acceptors (Lipinski definition) is 8. The Labute approximate surface area is 528 Å². The molecule has 0 radical (unpaired) electrons. The van der Waals surface area contributed by atoms with Gasteiger partial charge in [-0.15, -0.1) is 0 Å². The van der Waals surface area contributed by atoms with E-state index in [1.165, 1.54) is 156 Å². The third kappa shape index (κ3) is 17.5. The van der Waals surface area contributed by atoms with Gasteiger partial charge in [0.15, 0.2) is 0 Å². The molecule has 0 saturated carbocycles. The molecule has 482 valence electrons. The van der Waals surface area contributed by atoms with Crippen molar-refractivity contribution >= 4 is 23.6 Å². The van der Waals surface area contributed by atoms with Crippen LogP contribution in [0, 0.1) is 16.7 Å². The summed E-state index contributed by atoms with van der Waals surface area (Å²) in [5.41, 5.74) is 10.5. The zero-order valence-electron chi connectivity index (χ0n) is 56.2. The molecule has 3 saturated heterocycles. The number of rotatable bonds is 15. The van der Waals surface area contributed by atoms with Gasteiger partial charge in [0.25, 0.3) is 5.91 Å². The number of benzene rings is 3. The van der Waals surface area contributed by atoms with E-state index in [1.807, 2.05) is 45.2 Å². The molecule has 1 aromatic heterocycles. The number of aryl methyl sites for hydroxylation is 1. The van der Waals surface area contributed by atoms with Crippen LogP contribution in [-0.2, 0) is 32.4 Å². The molecular formula is C74H117N9O4. The lowest BCUT2D eigenvalue weighted by molar-refractivity contribution is -0.125. The Morgan fingerprint density at radius 1 is 0.586 bits per heavy atom. The van der Waals surface area contributed by atoms with Gasteiger partial charge >= 0.3 is 6.03 Å². The highest BCUT2D eigenvalue weighted by atomic mass is 16.2. The lowest BCUT2D eigenvalue weighted by atomic mass is 9.63. The molecule has 13 heteroatoms. The molecule has 87 heavy (non-hydrogen) atoms. The van der Waals surface area contributed by atoms with Gasteiger partial charge in [-0.3, -0.25) is 14.3 Å². The van der Waals surface area contributed by atoms with Gasteiger partial charge in [-0.1, -0.05) is 128 Å². The monoisotopic (exact) mass is 1200 g/mol. The standard InChI is InChI=1S/C26H38N4O.C25H38N2O2.C23H37N3O.2H2/c1-5-30-16-11-23(28-30)24(31)27-22-10-12-26(21-9-7-6-8-20(21)22)14-18-29(19-15-26)17-13-25(2,3)4;1-19(28)9-10-23(29)26-22-11-12-25(21-8-6-5-7-20(21)22)14-17-27(18-15-25)16-13-24(2,3)4;1-18(2)11-15-26-16-13-23(14-17-26)12-10-21(25(5)22(27)24(3)4)19-8-6-7-9-20(19)23;;/h6-9,11,16,22H,5,10,12-15,17-19H2,1-4H3,(H,27,31);5-8,22H,9-18H2,1-4H3,(H,26,29);6-9,18,21H,10-17H2,1-5H3;2*1H/t2*22-;21-;;/m010../s1. The van der Waals surface area contributed by atoms with Gasteiger partial charge in [0.1, 0.15) is 11.5 Å². The summed E-state index contributed by atoms with van der Waals surface area (Å²) in [5.74, 6) is 0.774. The number of carbonyl (C=O) groups is 4. The first-order valence-corrected chi connectivity index (χ1v) is 33.8. The quantitative estimate of drug-likeness (QED) is 0.121. The van der Waals surface area contributed by atoms with E-state index in [2.05, 4.69) is 159 Å². The molecule has 0 unspecified atom stereocenters. The van der Waals surface area contributed by atoms with E-state index in [-0.39, 0.29) is 55.4 Å². The molecule has 2 N–H and O–H groups in total. The lowest BCUT2D eigenvalue weighted by Gasteiger charge is -2.48. The van der Waals surface area contributed by atoms with Crippen molar-refractivity contribution in [3.05, 3.63) is 124 Å². The molecule has 4 amide bonds. The van der Waals surface area contributed by atoms with Crippen LogP contribution >= 0.6 is 0 Å². The summed E-state index contributed by atoms with van der Waals surface area (Å²) in [4.78, 5) is 60.4. The van der Waals surface area contributed by atoms with E-state index < -0.39 is 0 Å². The second kappa shape index (κ2) is 29.5. The van der Waals surface area contributed by atoms with E-state index in [9.17, 15) is 19.2 Å². The number of aromatic nitrogens is 2. The first-order chi connectivity index (χ1) is 41.3. The Kier molecular flexibility index (Phi) is 22.9. The number of carbonyl (C=O) groups excluding carboxylic acids is 4. The minimum absolute atomic E-state index is 0. The molecule has 13 nitrogen and oxygen atoms in total. The van der Waals surface area contributed by atoms with Crippen molar-refractivity contribution in [2.45, 2.75) is 219 Å². The van der Waals surface area contributed by atoms with Gasteiger partial charge in [0.2, 0.25) is 5.91 Å². The molecule has 3 spiro atoms. The smallest absolute Gasteiger partial charge is 0.319 e. The zero-order valence-corrected chi connectivity index (χ0v) is 56.2. The number of amides is 4. The van der Waals surface area contributed by atoms with Crippen molar-refractivity contribution in [1.82, 2.24) is 44.9 Å². The van der Waals surface area contributed by atoms with Crippen LogP contribution in [0.2, 0.25) is 0 Å². The largest absolute Gasteiger partial charge is 0.349 e. The van der Waals surface area contributed by atoms with Crippen molar-refractivity contribution < 1.29 is 22.0 Å². The van der Waals surface area contributed by atoms with E-state index in [1.54, 1.807) is 16.5 Å². The molecule has 3 aliphatic heterocycles. The molecule has 0 bridgehead atoms. The van der Waals surface area contributed by atoms with Crippen molar-refractivity contribution in [1.29, 1.82) is 0 Å². The second-order valence-electron chi connectivity index (χ2n) is 30.3. The third-order valence-corrected chi connectivity index (χ3v) is 20.9. The minimum Gasteiger partial charge on any atom is -0.349 e. The average molecular weight is 1200 g/mol. The maximum absolute atomic E-state index is 12.8. The Morgan fingerprint density at radius 2 is 1.01 bits per heavy atom. The van der Waals surface area contributed by atoms with Gasteiger partial charge in [0.05, 0.1) is 18.1 Å². The lowest BCUT2D eigenvalue weighted by Crippen LogP contribution is -2.47. The Balaban J connectivity index is 0.000000211. The molecule has 4 heterocycles. The number of ketones is 1. The maximum Gasteiger partial charge on any atom is 0.319 e. The number of fused-ring (bicyclic) bond motifs is 6. The van der Waals surface area contributed by atoms with Crippen molar-refractivity contribution in [3.8, 4) is 0 Å². The fraction of sp³-hybridized carbons (Fsp3) is 0.662. The van der Waals surface area contributed by atoms with Gasteiger partial charge in [-0.05, 0) is 242 Å². The normalized spacial score (nSPS) is 21.5. The summed E-state index contributed by atoms with van der Waals surface area (Å²) in [6, 6.07) is 28.7. The number of nitrogens with one attached hydrogen (secondary N) is 2. The van der Waals surface area contributed by atoms with E-state index in [4.69, 9.17) is 0 Å². The SMILES string of the molecule is CC(=O)CCC(=O)N[C@@H]1CCC2(CCN(CCC(C)(C)C)CC2)c2ccccc21.CC(C)CCN1CCC2(CC[C@H](N(C)C(=O)N(C)C)c3ccccc32)CC1.CCn1ccc(C(=O)N[C@H]2CCC3(CCN(CCC(C)(C)C)CC3)c3ccccc32)n1.[HH].[HH]. The van der Waals surface area contributed by atoms with E-state index >= 15 is 0 Å². The number of likely N-dealkylation sites (tertiary alicyclic amines) is 3. The first kappa shape index (κ1) is 67.6. The van der Waals surface area contributed by atoms with Gasteiger partial charge in [0, 0.05) is 49.6 Å².